The number of ether oxygens (including phenoxy) is 2. The van der Waals surface area contributed by atoms with E-state index < -0.39 is 22.8 Å². The maximum atomic E-state index is 11.6. The lowest BCUT2D eigenvalue weighted by atomic mass is 9.88. The van der Waals surface area contributed by atoms with Crippen LogP contribution in [0.4, 0.5) is 5.69 Å². The summed E-state index contributed by atoms with van der Waals surface area (Å²) in [5.41, 5.74) is 1.92. The first-order valence-corrected chi connectivity index (χ1v) is 7.92. The lowest BCUT2D eigenvalue weighted by Crippen LogP contribution is -2.28. The van der Waals surface area contributed by atoms with E-state index in [4.69, 9.17) is 9.47 Å². The third kappa shape index (κ3) is 3.90. The highest BCUT2D eigenvalue weighted by atomic mass is 16.6. The van der Waals surface area contributed by atoms with E-state index in [2.05, 4.69) is 5.32 Å². The maximum Gasteiger partial charge on any atom is 0.307 e. The minimum Gasteiger partial charge on any atom is -0.428 e. The molecule has 0 unspecified atom stereocenters. The smallest absolute Gasteiger partial charge is 0.307 e. The Hall–Kier alpha value is -3.16. The first-order chi connectivity index (χ1) is 12.1. The molecule has 1 aromatic carbocycles. The summed E-state index contributed by atoms with van der Waals surface area (Å²) in [5, 5.41) is 14.5. The molecule has 0 aromatic heterocycles. The molecule has 1 N–H and O–H groups in total. The molecule has 0 radical (unpaired) electrons. The zero-order valence-corrected chi connectivity index (χ0v) is 15.2. The Morgan fingerprint density at radius 2 is 1.54 bits per heavy atom. The second-order valence-electron chi connectivity index (χ2n) is 6.04. The SMILES string of the molecule is CC(=O)OC1=C(C)NC(C)=C(OC(C)=O)C1c1cc(C)ccc1[N+](=O)[O-]. The van der Waals surface area contributed by atoms with Crippen molar-refractivity contribution >= 4 is 17.6 Å². The molecule has 1 aromatic rings. The number of esters is 2. The number of allylic oxidation sites excluding steroid dienone is 2. The molecule has 0 aliphatic carbocycles. The van der Waals surface area contributed by atoms with Gasteiger partial charge in [0.15, 0.2) is 0 Å². The number of hydrogen-bond acceptors (Lipinski definition) is 7. The van der Waals surface area contributed by atoms with E-state index in [1.807, 2.05) is 0 Å². The predicted octanol–water partition coefficient (Wildman–Crippen LogP) is 3.18. The average molecular weight is 360 g/mol. The molecule has 2 rings (SSSR count). The number of rotatable bonds is 4. The number of nitro benzene ring substituents is 1. The second-order valence-corrected chi connectivity index (χ2v) is 6.04. The molecule has 0 amide bonds. The van der Waals surface area contributed by atoms with Crippen LogP contribution >= 0.6 is 0 Å². The molecule has 8 heteroatoms. The largest absolute Gasteiger partial charge is 0.428 e. The molecule has 0 saturated carbocycles. The van der Waals surface area contributed by atoms with Gasteiger partial charge < -0.3 is 14.8 Å². The van der Waals surface area contributed by atoms with Crippen LogP contribution in [-0.2, 0) is 19.1 Å². The Bertz CT molecular complexity index is 815. The van der Waals surface area contributed by atoms with Crippen LogP contribution in [0, 0.1) is 17.0 Å². The summed E-state index contributed by atoms with van der Waals surface area (Å²) in [6.45, 7) is 7.62. The molecule has 0 bridgehead atoms. The highest BCUT2D eigenvalue weighted by Gasteiger charge is 2.37. The number of nitrogens with zero attached hydrogens (tertiary/aromatic N) is 1. The van der Waals surface area contributed by atoms with Gasteiger partial charge in [-0.25, -0.2) is 0 Å². The number of hydrogen-bond donors (Lipinski definition) is 1. The molecule has 26 heavy (non-hydrogen) atoms. The summed E-state index contributed by atoms with van der Waals surface area (Å²) in [4.78, 5) is 34.2. The topological polar surface area (TPSA) is 108 Å². The molecule has 138 valence electrons. The third-order valence-corrected chi connectivity index (χ3v) is 3.84. The van der Waals surface area contributed by atoms with Gasteiger partial charge in [-0.1, -0.05) is 11.6 Å². The molecule has 1 aliphatic rings. The predicted molar refractivity (Wildman–Crippen MR) is 92.6 cm³/mol. The fourth-order valence-electron chi connectivity index (χ4n) is 2.89. The van der Waals surface area contributed by atoms with Crippen molar-refractivity contribution in [3.63, 3.8) is 0 Å². The molecule has 1 aliphatic heterocycles. The van der Waals surface area contributed by atoms with Gasteiger partial charge in [0, 0.05) is 25.5 Å². The molecular weight excluding hydrogens is 340 g/mol. The van der Waals surface area contributed by atoms with Gasteiger partial charge in [-0.05, 0) is 26.8 Å². The van der Waals surface area contributed by atoms with Crippen LogP contribution in [0.2, 0.25) is 0 Å². The molecule has 0 fully saturated rings. The zero-order valence-electron chi connectivity index (χ0n) is 15.2. The van der Waals surface area contributed by atoms with Crippen molar-refractivity contribution in [1.82, 2.24) is 5.32 Å². The Balaban J connectivity index is 2.76. The average Bonchev–Trinajstić information content (AvgIpc) is 2.51. The van der Waals surface area contributed by atoms with E-state index in [0.29, 0.717) is 11.4 Å². The lowest BCUT2D eigenvalue weighted by Gasteiger charge is -2.30. The van der Waals surface area contributed by atoms with Gasteiger partial charge in [0.2, 0.25) is 0 Å². The first kappa shape index (κ1) is 19.2. The highest BCUT2D eigenvalue weighted by molar-refractivity contribution is 5.70. The number of benzene rings is 1. The third-order valence-electron chi connectivity index (χ3n) is 3.84. The van der Waals surface area contributed by atoms with Gasteiger partial charge >= 0.3 is 11.9 Å². The van der Waals surface area contributed by atoms with E-state index in [9.17, 15) is 19.7 Å². The van der Waals surface area contributed by atoms with E-state index >= 15 is 0 Å². The number of aryl methyl sites for hydroxylation is 1. The Labute approximate surface area is 150 Å². The van der Waals surface area contributed by atoms with E-state index in [1.165, 1.54) is 19.9 Å². The summed E-state index contributed by atoms with van der Waals surface area (Å²) in [6.07, 6.45) is 0. The fourth-order valence-corrected chi connectivity index (χ4v) is 2.89. The van der Waals surface area contributed by atoms with Gasteiger partial charge in [-0.2, -0.15) is 0 Å². The number of nitro groups is 1. The van der Waals surface area contributed by atoms with Crippen molar-refractivity contribution in [2.75, 3.05) is 0 Å². The normalized spacial score (nSPS) is 14.8. The second kappa shape index (κ2) is 7.38. The van der Waals surface area contributed by atoms with Gasteiger partial charge in [-0.3, -0.25) is 19.7 Å². The molecule has 8 nitrogen and oxygen atoms in total. The van der Waals surface area contributed by atoms with Crippen molar-refractivity contribution < 1.29 is 24.0 Å². The summed E-state index contributed by atoms with van der Waals surface area (Å²) in [5.74, 6) is -1.74. The van der Waals surface area contributed by atoms with Crippen LogP contribution in [0.5, 0.6) is 0 Å². The summed E-state index contributed by atoms with van der Waals surface area (Å²) in [6, 6.07) is 4.63. The van der Waals surface area contributed by atoms with Gasteiger partial charge in [0.1, 0.15) is 17.4 Å². The number of dihydropyridines is 1. The van der Waals surface area contributed by atoms with Gasteiger partial charge in [0.05, 0.1) is 16.3 Å². The van der Waals surface area contributed by atoms with Crippen LogP contribution < -0.4 is 5.32 Å². The summed E-state index contributed by atoms with van der Waals surface area (Å²) < 4.78 is 10.7. The summed E-state index contributed by atoms with van der Waals surface area (Å²) in [7, 11) is 0. The van der Waals surface area contributed by atoms with E-state index in [1.54, 1.807) is 32.9 Å². The van der Waals surface area contributed by atoms with Crippen LogP contribution in [-0.4, -0.2) is 16.9 Å². The standard InChI is InChI=1S/C18H20N2O6/c1-9-6-7-15(20(23)24)14(8-9)16-17(25-12(4)21)10(2)19-11(3)18(16)26-13(5)22/h6-8,16,19H,1-5H3. The number of nitrogens with one attached hydrogen (secondary N) is 1. The Kier molecular flexibility index (Phi) is 5.44. The van der Waals surface area contributed by atoms with Crippen molar-refractivity contribution in [3.8, 4) is 0 Å². The number of carbonyl (C=O) groups is 2. The lowest BCUT2D eigenvalue weighted by molar-refractivity contribution is -0.385. The first-order valence-electron chi connectivity index (χ1n) is 7.92. The van der Waals surface area contributed by atoms with Crippen LogP contribution in [0.1, 0.15) is 44.7 Å². The maximum absolute atomic E-state index is 11.6. The highest BCUT2D eigenvalue weighted by Crippen LogP contribution is 2.42. The molecule has 0 spiro atoms. The van der Waals surface area contributed by atoms with Gasteiger partial charge in [0.25, 0.3) is 5.69 Å². The van der Waals surface area contributed by atoms with Crippen LogP contribution in [0.15, 0.2) is 41.1 Å². The minimum atomic E-state index is -0.899. The van der Waals surface area contributed by atoms with E-state index in [0.717, 1.165) is 5.56 Å². The molecule has 0 saturated heterocycles. The van der Waals surface area contributed by atoms with Crippen molar-refractivity contribution in [1.29, 1.82) is 0 Å². The van der Waals surface area contributed by atoms with Crippen molar-refractivity contribution in [2.45, 2.75) is 40.5 Å². The van der Waals surface area contributed by atoms with Crippen LogP contribution in [0.3, 0.4) is 0 Å². The Morgan fingerprint density at radius 3 is 1.96 bits per heavy atom. The number of carbonyl (C=O) groups excluding carboxylic acids is 2. The fraction of sp³-hybridized carbons (Fsp3) is 0.333. The molecular formula is C18H20N2O6. The molecule has 1 heterocycles. The van der Waals surface area contributed by atoms with Crippen LogP contribution in [0.25, 0.3) is 0 Å². The van der Waals surface area contributed by atoms with Gasteiger partial charge in [-0.15, -0.1) is 0 Å². The van der Waals surface area contributed by atoms with Crippen molar-refractivity contribution in [3.05, 3.63) is 62.4 Å². The van der Waals surface area contributed by atoms with Crippen molar-refractivity contribution in [2.24, 2.45) is 0 Å². The molecule has 0 atom stereocenters. The van der Waals surface area contributed by atoms with E-state index in [-0.39, 0.29) is 22.8 Å². The monoisotopic (exact) mass is 360 g/mol. The Morgan fingerprint density at radius 1 is 1.04 bits per heavy atom. The minimum absolute atomic E-state index is 0.155. The quantitative estimate of drug-likeness (QED) is 0.499. The zero-order chi connectivity index (χ0) is 19.6. The summed E-state index contributed by atoms with van der Waals surface area (Å²) >= 11 is 0.